The fraction of sp³-hybridized carbons (Fsp3) is 0.412. The molecule has 140 valence electrons. The van der Waals surface area contributed by atoms with Crippen molar-refractivity contribution in [3.8, 4) is 11.3 Å². The number of aryl methyl sites for hydroxylation is 1. The molecule has 2 N–H and O–H groups in total. The van der Waals surface area contributed by atoms with Gasteiger partial charge < -0.3 is 9.84 Å². The first-order valence-electron chi connectivity index (χ1n) is 8.33. The number of anilines is 1. The van der Waals surface area contributed by atoms with Crippen LogP contribution >= 0.6 is 0 Å². The third-order valence-corrected chi connectivity index (χ3v) is 5.53. The number of nitrogens with zero attached hydrogens (tertiary/aromatic N) is 2. The van der Waals surface area contributed by atoms with E-state index in [1.807, 2.05) is 0 Å². The second-order valence-corrected chi connectivity index (χ2v) is 8.09. The Balaban J connectivity index is 1.72. The zero-order chi connectivity index (χ0) is 18.7. The quantitative estimate of drug-likeness (QED) is 0.795. The Morgan fingerprint density at radius 2 is 2.08 bits per heavy atom. The number of hydrogen-bond acceptors (Lipinski definition) is 5. The molecule has 9 heteroatoms. The summed E-state index contributed by atoms with van der Waals surface area (Å²) in [7, 11) is -1.87. The maximum absolute atomic E-state index is 12.3. The molecule has 1 aromatic heterocycles. The molecule has 0 saturated carbocycles. The van der Waals surface area contributed by atoms with Gasteiger partial charge in [0.05, 0.1) is 11.9 Å². The van der Waals surface area contributed by atoms with Crippen molar-refractivity contribution in [2.45, 2.75) is 25.4 Å². The summed E-state index contributed by atoms with van der Waals surface area (Å²) in [5.74, 6) is -1.14. The van der Waals surface area contributed by atoms with Gasteiger partial charge in [-0.05, 0) is 31.4 Å². The predicted molar refractivity (Wildman–Crippen MR) is 96.6 cm³/mol. The van der Waals surface area contributed by atoms with E-state index in [9.17, 15) is 18.3 Å². The van der Waals surface area contributed by atoms with Crippen molar-refractivity contribution >= 4 is 21.7 Å². The molecule has 1 atom stereocenters. The van der Waals surface area contributed by atoms with Crippen LogP contribution in [-0.4, -0.2) is 47.7 Å². The Kier molecular flexibility index (Phi) is 5.28. The van der Waals surface area contributed by atoms with Crippen LogP contribution in [0.2, 0.25) is 0 Å². The molecule has 2 heterocycles. The Morgan fingerprint density at radius 1 is 1.35 bits per heavy atom. The average molecular weight is 379 g/mol. The summed E-state index contributed by atoms with van der Waals surface area (Å²) in [4.78, 5) is 11.3. The number of carbonyl (C=O) groups is 1. The Morgan fingerprint density at radius 3 is 2.69 bits per heavy atom. The molecule has 1 unspecified atom stereocenters. The van der Waals surface area contributed by atoms with E-state index in [4.69, 9.17) is 4.74 Å². The first kappa shape index (κ1) is 18.4. The van der Waals surface area contributed by atoms with Gasteiger partial charge in [0.15, 0.2) is 0 Å². The third kappa shape index (κ3) is 4.41. The van der Waals surface area contributed by atoms with Crippen LogP contribution in [0, 0.1) is 0 Å². The number of aromatic nitrogens is 2. The Hall–Kier alpha value is -2.39. The number of hydrogen-bond donors (Lipinski definition) is 2. The molecule has 1 aliphatic heterocycles. The zero-order valence-electron chi connectivity index (χ0n) is 14.4. The number of aromatic carboxylic acids is 1. The summed E-state index contributed by atoms with van der Waals surface area (Å²) in [5, 5.41) is 13.4. The van der Waals surface area contributed by atoms with Crippen LogP contribution in [0.5, 0.6) is 0 Å². The van der Waals surface area contributed by atoms with Crippen LogP contribution in [0.1, 0.15) is 29.6 Å². The number of rotatable bonds is 6. The molecule has 3 rings (SSSR count). The van der Waals surface area contributed by atoms with E-state index in [-0.39, 0.29) is 17.4 Å². The normalized spacial score (nSPS) is 17.8. The lowest BCUT2D eigenvalue weighted by atomic mass is 10.1. The highest BCUT2D eigenvalue weighted by Crippen LogP contribution is 2.24. The molecule has 0 amide bonds. The van der Waals surface area contributed by atoms with Gasteiger partial charge in [-0.1, -0.05) is 12.1 Å². The minimum Gasteiger partial charge on any atom is -0.478 e. The van der Waals surface area contributed by atoms with Gasteiger partial charge >= 0.3 is 5.97 Å². The van der Waals surface area contributed by atoms with Gasteiger partial charge in [-0.25, -0.2) is 13.2 Å². The lowest BCUT2D eigenvalue weighted by Crippen LogP contribution is -2.30. The Bertz CT molecular complexity index is 884. The molecule has 0 radical (unpaired) electrons. The second-order valence-electron chi connectivity index (χ2n) is 6.32. The van der Waals surface area contributed by atoms with Crippen molar-refractivity contribution in [2.75, 3.05) is 17.1 Å². The molecule has 0 bridgehead atoms. The van der Waals surface area contributed by atoms with Crippen molar-refractivity contribution in [1.82, 2.24) is 9.78 Å². The molecule has 0 aliphatic carbocycles. The van der Waals surface area contributed by atoms with E-state index < -0.39 is 16.0 Å². The standard InChI is InChI=1S/C17H21N3O5S/c1-20-10-15(17(21)22)16(18-20)12-5-7-13(8-6-12)19-26(23,24)11-14-4-2-3-9-25-14/h5-8,10,14,19H,2-4,9,11H2,1H3,(H,21,22). The van der Waals surface area contributed by atoms with Crippen molar-refractivity contribution in [3.05, 3.63) is 36.0 Å². The van der Waals surface area contributed by atoms with E-state index in [1.54, 1.807) is 31.3 Å². The van der Waals surface area contributed by atoms with Gasteiger partial charge in [-0.15, -0.1) is 0 Å². The van der Waals surface area contributed by atoms with Crippen LogP contribution in [0.25, 0.3) is 11.3 Å². The van der Waals surface area contributed by atoms with Gasteiger partial charge in [0.2, 0.25) is 10.0 Å². The number of sulfonamides is 1. The second kappa shape index (κ2) is 7.46. The van der Waals surface area contributed by atoms with E-state index in [0.29, 0.717) is 23.6 Å². The summed E-state index contributed by atoms with van der Waals surface area (Å²) in [6.45, 7) is 0.602. The summed E-state index contributed by atoms with van der Waals surface area (Å²) in [6.07, 6.45) is 3.85. The topological polar surface area (TPSA) is 111 Å². The molecule has 1 aromatic carbocycles. The molecule has 1 aliphatic rings. The highest BCUT2D eigenvalue weighted by Gasteiger charge is 2.22. The molecular weight excluding hydrogens is 358 g/mol. The van der Waals surface area contributed by atoms with E-state index in [0.717, 1.165) is 19.3 Å². The van der Waals surface area contributed by atoms with Crippen molar-refractivity contribution in [2.24, 2.45) is 7.05 Å². The van der Waals surface area contributed by atoms with Crippen molar-refractivity contribution in [1.29, 1.82) is 0 Å². The maximum Gasteiger partial charge on any atom is 0.339 e. The van der Waals surface area contributed by atoms with Gasteiger partial charge in [-0.3, -0.25) is 9.40 Å². The SMILES string of the molecule is Cn1cc(C(=O)O)c(-c2ccc(NS(=O)(=O)CC3CCCCO3)cc2)n1. The first-order valence-corrected chi connectivity index (χ1v) is 9.99. The smallest absolute Gasteiger partial charge is 0.339 e. The average Bonchev–Trinajstić information content (AvgIpc) is 2.98. The highest BCUT2D eigenvalue weighted by atomic mass is 32.2. The van der Waals surface area contributed by atoms with E-state index >= 15 is 0 Å². The largest absolute Gasteiger partial charge is 0.478 e. The minimum atomic E-state index is -3.52. The molecule has 2 aromatic rings. The van der Waals surface area contributed by atoms with E-state index in [1.165, 1.54) is 10.9 Å². The van der Waals surface area contributed by atoms with E-state index in [2.05, 4.69) is 9.82 Å². The lowest BCUT2D eigenvalue weighted by molar-refractivity contribution is 0.0306. The van der Waals surface area contributed by atoms with Crippen LogP contribution < -0.4 is 4.72 Å². The highest BCUT2D eigenvalue weighted by molar-refractivity contribution is 7.92. The molecule has 8 nitrogen and oxygen atoms in total. The number of ether oxygens (including phenoxy) is 1. The third-order valence-electron chi connectivity index (χ3n) is 4.17. The van der Waals surface area contributed by atoms with Crippen LogP contribution in [0.3, 0.4) is 0 Å². The van der Waals surface area contributed by atoms with Crippen LogP contribution in [0.15, 0.2) is 30.5 Å². The number of carboxylic acid groups (broad SMARTS) is 1. The summed E-state index contributed by atoms with van der Waals surface area (Å²) < 4.78 is 34.0. The fourth-order valence-electron chi connectivity index (χ4n) is 2.96. The van der Waals surface area contributed by atoms with Crippen molar-refractivity contribution < 1.29 is 23.1 Å². The summed E-state index contributed by atoms with van der Waals surface area (Å²) in [6, 6.07) is 6.47. The fourth-order valence-corrected chi connectivity index (χ4v) is 4.29. The molecule has 1 saturated heterocycles. The van der Waals surface area contributed by atoms with Crippen LogP contribution in [-0.2, 0) is 21.8 Å². The van der Waals surface area contributed by atoms with Gasteiger partial charge in [0, 0.05) is 31.1 Å². The first-order chi connectivity index (χ1) is 12.3. The Labute approximate surface area is 151 Å². The number of benzene rings is 1. The van der Waals surface area contributed by atoms with Gasteiger partial charge in [0.25, 0.3) is 0 Å². The molecular formula is C17H21N3O5S. The number of carboxylic acids is 1. The molecule has 26 heavy (non-hydrogen) atoms. The summed E-state index contributed by atoms with van der Waals surface area (Å²) in [5.41, 5.74) is 1.44. The van der Waals surface area contributed by atoms with Gasteiger partial charge in [-0.2, -0.15) is 5.10 Å². The lowest BCUT2D eigenvalue weighted by Gasteiger charge is -2.22. The van der Waals surface area contributed by atoms with Crippen molar-refractivity contribution in [3.63, 3.8) is 0 Å². The van der Waals surface area contributed by atoms with Crippen LogP contribution in [0.4, 0.5) is 5.69 Å². The molecule has 0 spiro atoms. The zero-order valence-corrected chi connectivity index (χ0v) is 15.2. The maximum atomic E-state index is 12.3. The van der Waals surface area contributed by atoms with Gasteiger partial charge in [0.1, 0.15) is 11.3 Å². The predicted octanol–water partition coefficient (Wildman–Crippen LogP) is 2.10. The number of nitrogens with one attached hydrogen (secondary N) is 1. The monoisotopic (exact) mass is 379 g/mol. The minimum absolute atomic E-state index is 0.0713. The summed E-state index contributed by atoms with van der Waals surface area (Å²) >= 11 is 0. The molecule has 1 fully saturated rings.